The summed E-state index contributed by atoms with van der Waals surface area (Å²) in [5.41, 5.74) is 2.08. The number of aryl methyl sites for hydroxylation is 2. The number of hydrogen-bond donors (Lipinski definition) is 0. The first-order valence-electron chi connectivity index (χ1n) is 9.24. The van der Waals surface area contributed by atoms with Gasteiger partial charge in [0.25, 0.3) is 0 Å². The summed E-state index contributed by atoms with van der Waals surface area (Å²) in [7, 11) is -5.65. The van der Waals surface area contributed by atoms with E-state index in [4.69, 9.17) is 0 Å². The summed E-state index contributed by atoms with van der Waals surface area (Å²) in [6.07, 6.45) is 5.49. The Morgan fingerprint density at radius 1 is 0.906 bits per heavy atom. The van der Waals surface area contributed by atoms with E-state index in [0.717, 1.165) is 28.3 Å². The average molecular weight is 651 g/mol. The normalized spacial score (nSPS) is 11.9. The van der Waals surface area contributed by atoms with Gasteiger partial charge in [0.1, 0.15) is 0 Å². The Kier molecular flexibility index (Phi) is 21.0. The first kappa shape index (κ1) is 35.1. The number of alkyl halides is 1. The van der Waals surface area contributed by atoms with E-state index in [2.05, 4.69) is 46.9 Å². The first-order valence-corrected chi connectivity index (χ1v) is 16.2. The molecule has 0 aliphatic heterocycles. The van der Waals surface area contributed by atoms with Crippen LogP contribution in [0.5, 0.6) is 0 Å². The molecule has 0 N–H and O–H groups in total. The largest absolute Gasteiger partial charge is 1.00 e. The number of rotatable bonds is 8. The number of allylic oxidation sites excluding steroid dienone is 2. The molecule has 2 aromatic carbocycles. The Morgan fingerprint density at radius 2 is 1.31 bits per heavy atom. The Hall–Kier alpha value is 0.916. The summed E-state index contributed by atoms with van der Waals surface area (Å²) < 4.78 is 46.2. The minimum Gasteiger partial charge on any atom is -0.766 e. The van der Waals surface area contributed by atoms with Crippen LogP contribution in [0.2, 0.25) is 0 Å². The number of halogens is 1. The molecule has 172 valence electrons. The maximum absolute atomic E-state index is 11.7. The second-order valence-electron chi connectivity index (χ2n) is 6.20. The van der Waals surface area contributed by atoms with Crippen molar-refractivity contribution in [3.05, 3.63) is 85.0 Å². The fourth-order valence-corrected chi connectivity index (χ4v) is 5.82. The predicted octanol–water partition coefficient (Wildman–Crippen LogP) is 3.23. The van der Waals surface area contributed by atoms with Crippen molar-refractivity contribution in [2.24, 2.45) is 0 Å². The molecule has 0 aliphatic rings. The Balaban J connectivity index is 0. The van der Waals surface area contributed by atoms with Crippen molar-refractivity contribution in [1.29, 1.82) is 0 Å². The van der Waals surface area contributed by atoms with Gasteiger partial charge in [-0.3, -0.25) is 4.21 Å². The van der Waals surface area contributed by atoms with Gasteiger partial charge in [0, 0.05) is 15.1 Å². The van der Waals surface area contributed by atoms with Crippen molar-refractivity contribution >= 4 is 62.2 Å². The van der Waals surface area contributed by atoms with Gasteiger partial charge in [-0.2, -0.15) is 0 Å². The first-order chi connectivity index (χ1) is 14.5. The van der Waals surface area contributed by atoms with Crippen LogP contribution in [0.25, 0.3) is 0 Å². The molecule has 1 atom stereocenters. The van der Waals surface area contributed by atoms with Crippen LogP contribution in [0.1, 0.15) is 24.0 Å². The van der Waals surface area contributed by atoms with Gasteiger partial charge < -0.3 is 4.55 Å². The van der Waals surface area contributed by atoms with E-state index >= 15 is 0 Å². The molecule has 0 aliphatic carbocycles. The van der Waals surface area contributed by atoms with Gasteiger partial charge in [-0.15, -0.1) is 13.2 Å². The van der Waals surface area contributed by atoms with Crippen LogP contribution in [0.4, 0.5) is 0 Å². The molecule has 2 rings (SSSR count). The van der Waals surface area contributed by atoms with Gasteiger partial charge in [0.2, 0.25) is 8.87 Å². The molecule has 4 nitrogen and oxygen atoms in total. The Bertz CT molecular complexity index is 1000. The standard InChI is InChI=1S/C11H14O2S2.C7H8O2S2.C4H7I.K/c1-3-4-9-14-15(12,13)11-7-5-10(2)6-8-11;1-6-2-4-7(5-3-6)11(8,9)10;1-2-3-4-5;/h3,5-8H,1,4,9H2,2H3;2-5H,1H3,(H,8,9,10);2H,1,3-4H2;/q;;;+1/p-1. The molecule has 0 saturated carbocycles. The van der Waals surface area contributed by atoms with E-state index in [9.17, 15) is 17.2 Å². The molecule has 1 unspecified atom stereocenters. The molecule has 0 heterocycles. The third kappa shape index (κ3) is 16.5. The minimum atomic E-state index is -3.44. The molecule has 0 saturated heterocycles. The molecular weight excluding hydrogens is 623 g/mol. The van der Waals surface area contributed by atoms with Gasteiger partial charge in [-0.05, 0) is 81.7 Å². The maximum Gasteiger partial charge on any atom is 1.00 e. The zero-order chi connectivity index (χ0) is 23.9. The molecule has 0 amide bonds. The zero-order valence-electron chi connectivity index (χ0n) is 18.7. The van der Waals surface area contributed by atoms with Crippen LogP contribution < -0.4 is 51.4 Å². The van der Waals surface area contributed by atoms with Crippen molar-refractivity contribution < 1.29 is 68.6 Å². The predicted molar refractivity (Wildman–Crippen MR) is 145 cm³/mol. The van der Waals surface area contributed by atoms with Crippen molar-refractivity contribution in [1.82, 2.24) is 0 Å². The van der Waals surface area contributed by atoms with Crippen molar-refractivity contribution in [3.63, 3.8) is 0 Å². The van der Waals surface area contributed by atoms with Crippen molar-refractivity contribution in [3.8, 4) is 0 Å². The summed E-state index contributed by atoms with van der Waals surface area (Å²) in [5, 5.41) is 0. The van der Waals surface area contributed by atoms with Crippen molar-refractivity contribution in [2.75, 3.05) is 10.2 Å². The molecule has 0 fully saturated rings. The fraction of sp³-hybridized carbons (Fsp3) is 0.273. The van der Waals surface area contributed by atoms with Crippen molar-refractivity contribution in [2.45, 2.75) is 36.5 Å². The molecule has 10 heteroatoms. The molecule has 32 heavy (non-hydrogen) atoms. The van der Waals surface area contributed by atoms with Crippen LogP contribution >= 0.6 is 33.4 Å². The maximum atomic E-state index is 11.7. The number of hydrogen-bond acceptors (Lipinski definition) is 6. The van der Waals surface area contributed by atoms with Gasteiger partial charge in [-0.25, -0.2) is 8.42 Å². The fourth-order valence-electron chi connectivity index (χ4n) is 1.80. The molecule has 2 aromatic rings. The van der Waals surface area contributed by atoms with E-state index < -0.39 is 17.6 Å². The summed E-state index contributed by atoms with van der Waals surface area (Å²) in [6.45, 7) is 10.9. The SMILES string of the molecule is C=CCCI.C=CCCSS(=O)(=O)c1ccc(C)cc1.Cc1ccc(S(=O)([O-])=S)cc1.[K+]. The molecular formula is C22H28IKO4S4. The molecule has 0 bridgehead atoms. The summed E-state index contributed by atoms with van der Waals surface area (Å²) in [4.78, 5) is 0.570. The second-order valence-corrected chi connectivity index (χ2v) is 14.0. The molecule has 0 radical (unpaired) electrons. The van der Waals surface area contributed by atoms with Gasteiger partial charge in [0.05, 0.1) is 4.90 Å². The van der Waals surface area contributed by atoms with Gasteiger partial charge >= 0.3 is 51.4 Å². The monoisotopic (exact) mass is 650 g/mol. The second kappa shape index (κ2) is 19.1. The van der Waals surface area contributed by atoms with Crippen LogP contribution in [0, 0.1) is 13.8 Å². The third-order valence-electron chi connectivity index (χ3n) is 3.49. The van der Waals surface area contributed by atoms with E-state index in [1.807, 2.05) is 19.9 Å². The Labute approximate surface area is 258 Å². The number of benzene rings is 2. The smallest absolute Gasteiger partial charge is 0.766 e. The molecule has 0 aromatic heterocycles. The van der Waals surface area contributed by atoms with Crippen LogP contribution in [0.3, 0.4) is 0 Å². The third-order valence-corrected chi connectivity index (χ3v) is 9.11. The quantitative estimate of drug-likeness (QED) is 0.109. The summed E-state index contributed by atoms with van der Waals surface area (Å²) >= 11 is 6.58. The van der Waals surface area contributed by atoms with Crippen LogP contribution in [-0.2, 0) is 28.8 Å². The summed E-state index contributed by atoms with van der Waals surface area (Å²) in [6, 6.07) is 13.4. The van der Waals surface area contributed by atoms with Gasteiger partial charge in [0.15, 0.2) is 0 Å². The van der Waals surface area contributed by atoms with Crippen LogP contribution in [-0.4, -0.2) is 27.4 Å². The zero-order valence-corrected chi connectivity index (χ0v) is 27.2. The minimum absolute atomic E-state index is 0. The van der Waals surface area contributed by atoms with E-state index in [0.29, 0.717) is 17.1 Å². The van der Waals surface area contributed by atoms with Crippen LogP contribution in [0.15, 0.2) is 83.6 Å². The topological polar surface area (TPSA) is 74.3 Å². The average Bonchev–Trinajstić information content (AvgIpc) is 2.70. The molecule has 0 spiro atoms. The van der Waals surface area contributed by atoms with Gasteiger partial charge in [-0.1, -0.05) is 70.1 Å². The van der Waals surface area contributed by atoms with E-state index in [-0.39, 0.29) is 56.3 Å². The Morgan fingerprint density at radius 3 is 1.62 bits per heavy atom. The van der Waals surface area contributed by atoms with E-state index in [1.165, 1.54) is 16.6 Å². The summed E-state index contributed by atoms with van der Waals surface area (Å²) in [5.74, 6) is 0.555. The van der Waals surface area contributed by atoms with E-state index in [1.54, 1.807) is 42.5 Å².